The molecule has 0 bridgehead atoms. The number of nitrogens with zero attached hydrogens (tertiary/aromatic N) is 4. The first-order valence-corrected chi connectivity index (χ1v) is 9.29. The van der Waals surface area contributed by atoms with Crippen LogP contribution in [0, 0.1) is 6.92 Å². The van der Waals surface area contributed by atoms with Crippen molar-refractivity contribution in [2.45, 2.75) is 26.9 Å². The molecule has 0 unspecified atom stereocenters. The number of ether oxygens (including phenoxy) is 1. The largest absolute Gasteiger partial charge is 0.481 e. The molecule has 0 spiro atoms. The number of carbonyl (C=O) groups excluding carboxylic acids is 1. The van der Waals surface area contributed by atoms with Gasteiger partial charge in [-0.15, -0.1) is 11.3 Å². The van der Waals surface area contributed by atoms with Crippen LogP contribution in [0.4, 0.5) is 5.82 Å². The molecule has 1 aliphatic heterocycles. The molecule has 26 heavy (non-hydrogen) atoms. The zero-order valence-electron chi connectivity index (χ0n) is 14.9. The molecular weight excluding hydrogens is 350 g/mol. The van der Waals surface area contributed by atoms with Gasteiger partial charge in [-0.2, -0.15) is 0 Å². The minimum absolute atomic E-state index is 0.0252. The Bertz CT molecular complexity index is 1000. The van der Waals surface area contributed by atoms with E-state index in [0.717, 1.165) is 32.9 Å². The van der Waals surface area contributed by atoms with E-state index in [2.05, 4.69) is 25.6 Å². The third kappa shape index (κ3) is 2.66. The van der Waals surface area contributed by atoms with Crippen molar-refractivity contribution in [2.24, 2.45) is 0 Å². The van der Waals surface area contributed by atoms with Crippen LogP contribution in [-0.2, 0) is 13.1 Å². The molecule has 0 aliphatic carbocycles. The number of nitrogens with one attached hydrogen (secondary N) is 1. The fourth-order valence-corrected chi connectivity index (χ4v) is 4.10. The topological polar surface area (TPSA) is 80.2 Å². The smallest absolute Gasteiger partial charge is 0.256 e. The van der Waals surface area contributed by atoms with Gasteiger partial charge in [0.1, 0.15) is 12.1 Å². The lowest BCUT2D eigenvalue weighted by Gasteiger charge is -2.11. The highest BCUT2D eigenvalue weighted by atomic mass is 32.1. The van der Waals surface area contributed by atoms with Crippen molar-refractivity contribution in [2.75, 3.05) is 19.0 Å². The number of hydrogen-bond acceptors (Lipinski definition) is 7. The standard InChI is InChI=1S/C18H19N5O2S/c1-4-23-7-13-12(18(23)24)5-11(17(22-13)25-3)6-19-16-15-14(20-9-21-16)10(2)8-26-15/h5,8-9H,4,6-7H2,1-3H3,(H,19,20,21). The van der Waals surface area contributed by atoms with Gasteiger partial charge in [-0.25, -0.2) is 15.0 Å². The van der Waals surface area contributed by atoms with E-state index in [9.17, 15) is 4.79 Å². The van der Waals surface area contributed by atoms with Crippen molar-refractivity contribution >= 4 is 33.3 Å². The summed E-state index contributed by atoms with van der Waals surface area (Å²) in [5.74, 6) is 1.34. The molecule has 4 rings (SSSR count). The molecule has 3 aromatic heterocycles. The van der Waals surface area contributed by atoms with Crippen molar-refractivity contribution in [3.63, 3.8) is 0 Å². The summed E-state index contributed by atoms with van der Waals surface area (Å²) in [5.41, 5.74) is 4.36. The quantitative estimate of drug-likeness (QED) is 0.745. The van der Waals surface area contributed by atoms with Crippen LogP contribution in [0.25, 0.3) is 10.2 Å². The van der Waals surface area contributed by atoms with Gasteiger partial charge in [-0.1, -0.05) is 0 Å². The lowest BCUT2D eigenvalue weighted by Crippen LogP contribution is -2.23. The lowest BCUT2D eigenvalue weighted by molar-refractivity contribution is 0.0786. The summed E-state index contributed by atoms with van der Waals surface area (Å²) in [6.07, 6.45) is 1.56. The molecule has 0 atom stereocenters. The maximum Gasteiger partial charge on any atom is 0.256 e. The van der Waals surface area contributed by atoms with Crippen molar-refractivity contribution in [3.05, 3.63) is 40.2 Å². The van der Waals surface area contributed by atoms with Crippen molar-refractivity contribution in [1.29, 1.82) is 0 Å². The Kier molecular flexibility index (Phi) is 4.20. The van der Waals surface area contributed by atoms with E-state index in [1.54, 1.807) is 29.7 Å². The monoisotopic (exact) mass is 369 g/mol. The van der Waals surface area contributed by atoms with E-state index in [4.69, 9.17) is 4.74 Å². The second-order valence-electron chi connectivity index (χ2n) is 6.14. The van der Waals surface area contributed by atoms with E-state index < -0.39 is 0 Å². The molecule has 4 heterocycles. The molecule has 1 amide bonds. The second-order valence-corrected chi connectivity index (χ2v) is 7.02. The highest BCUT2D eigenvalue weighted by molar-refractivity contribution is 7.18. The number of rotatable bonds is 5. The summed E-state index contributed by atoms with van der Waals surface area (Å²) in [6.45, 7) is 5.67. The Labute approximate surface area is 155 Å². The number of hydrogen-bond donors (Lipinski definition) is 1. The zero-order chi connectivity index (χ0) is 18.3. The number of pyridine rings is 1. The summed E-state index contributed by atoms with van der Waals surface area (Å²) < 4.78 is 6.46. The maximum atomic E-state index is 12.4. The Morgan fingerprint density at radius 1 is 1.38 bits per heavy atom. The lowest BCUT2D eigenvalue weighted by atomic mass is 10.1. The third-order valence-electron chi connectivity index (χ3n) is 4.55. The fraction of sp³-hybridized carbons (Fsp3) is 0.333. The Balaban J connectivity index is 1.64. The number of methoxy groups -OCH3 is 1. The highest BCUT2D eigenvalue weighted by Crippen LogP contribution is 2.30. The Morgan fingerprint density at radius 2 is 2.23 bits per heavy atom. The van der Waals surface area contributed by atoms with Gasteiger partial charge in [0.2, 0.25) is 5.88 Å². The van der Waals surface area contributed by atoms with Crippen LogP contribution in [-0.4, -0.2) is 39.4 Å². The van der Waals surface area contributed by atoms with E-state index in [-0.39, 0.29) is 5.91 Å². The van der Waals surface area contributed by atoms with Gasteiger partial charge in [-0.3, -0.25) is 4.79 Å². The van der Waals surface area contributed by atoms with Crippen molar-refractivity contribution in [1.82, 2.24) is 19.9 Å². The average Bonchev–Trinajstić information content (AvgIpc) is 3.19. The zero-order valence-corrected chi connectivity index (χ0v) is 15.7. The van der Waals surface area contributed by atoms with E-state index in [0.29, 0.717) is 31.1 Å². The number of amides is 1. The number of aromatic nitrogens is 3. The molecule has 1 aliphatic rings. The number of thiophene rings is 1. The van der Waals surface area contributed by atoms with Gasteiger partial charge >= 0.3 is 0 Å². The SMILES string of the molecule is CCN1Cc2nc(OC)c(CNc3ncnc4c(C)csc34)cc2C1=O. The fourth-order valence-electron chi connectivity index (χ4n) is 3.14. The van der Waals surface area contributed by atoms with Crippen molar-refractivity contribution in [3.8, 4) is 5.88 Å². The first-order chi connectivity index (χ1) is 12.6. The number of fused-ring (bicyclic) bond motifs is 2. The molecule has 8 heteroatoms. The summed E-state index contributed by atoms with van der Waals surface area (Å²) >= 11 is 1.61. The van der Waals surface area contributed by atoms with E-state index in [1.807, 2.05) is 19.9 Å². The van der Waals surface area contributed by atoms with Crippen LogP contribution in [0.2, 0.25) is 0 Å². The predicted octanol–water partition coefficient (Wildman–Crippen LogP) is 2.99. The first kappa shape index (κ1) is 16.7. The molecule has 0 saturated carbocycles. The Morgan fingerprint density at radius 3 is 3.00 bits per heavy atom. The van der Waals surface area contributed by atoms with Gasteiger partial charge < -0.3 is 15.0 Å². The molecule has 0 saturated heterocycles. The van der Waals surface area contributed by atoms with Gasteiger partial charge in [0, 0.05) is 18.7 Å². The van der Waals surface area contributed by atoms with Gasteiger partial charge in [0.25, 0.3) is 5.91 Å². The highest BCUT2D eigenvalue weighted by Gasteiger charge is 2.29. The normalized spacial score (nSPS) is 13.3. The van der Waals surface area contributed by atoms with Crippen molar-refractivity contribution < 1.29 is 9.53 Å². The van der Waals surface area contributed by atoms with Gasteiger partial charge in [0.05, 0.1) is 35.1 Å². The van der Waals surface area contributed by atoms with Crippen LogP contribution < -0.4 is 10.1 Å². The summed E-state index contributed by atoms with van der Waals surface area (Å²) in [7, 11) is 1.60. The molecular formula is C18H19N5O2S. The van der Waals surface area contributed by atoms with Crippen LogP contribution in [0.5, 0.6) is 5.88 Å². The van der Waals surface area contributed by atoms with Crippen LogP contribution in [0.15, 0.2) is 17.8 Å². The van der Waals surface area contributed by atoms with Crippen LogP contribution in [0.3, 0.4) is 0 Å². The molecule has 0 radical (unpaired) electrons. The molecule has 3 aromatic rings. The van der Waals surface area contributed by atoms with Gasteiger partial charge in [-0.05, 0) is 30.9 Å². The third-order valence-corrected chi connectivity index (χ3v) is 5.64. The number of carbonyl (C=O) groups is 1. The number of anilines is 1. The second kappa shape index (κ2) is 6.53. The summed E-state index contributed by atoms with van der Waals surface area (Å²) in [5, 5.41) is 5.41. The number of aryl methyl sites for hydroxylation is 1. The molecule has 0 fully saturated rings. The first-order valence-electron chi connectivity index (χ1n) is 8.41. The molecule has 0 aromatic carbocycles. The molecule has 1 N–H and O–H groups in total. The minimum Gasteiger partial charge on any atom is -0.481 e. The van der Waals surface area contributed by atoms with E-state index >= 15 is 0 Å². The summed E-state index contributed by atoms with van der Waals surface area (Å²) in [4.78, 5) is 27.4. The molecule has 134 valence electrons. The van der Waals surface area contributed by atoms with E-state index in [1.165, 1.54) is 0 Å². The molecule has 7 nitrogen and oxygen atoms in total. The minimum atomic E-state index is 0.0252. The maximum absolute atomic E-state index is 12.4. The van der Waals surface area contributed by atoms with Crippen LogP contribution >= 0.6 is 11.3 Å². The van der Waals surface area contributed by atoms with Gasteiger partial charge in [0.15, 0.2) is 0 Å². The summed E-state index contributed by atoms with van der Waals surface area (Å²) in [6, 6.07) is 1.88. The van der Waals surface area contributed by atoms with Crippen LogP contribution in [0.1, 0.15) is 34.1 Å². The average molecular weight is 369 g/mol. The Hall–Kier alpha value is -2.74. The predicted molar refractivity (Wildman–Crippen MR) is 101 cm³/mol.